The van der Waals surface area contributed by atoms with E-state index in [1.165, 1.54) is 5.69 Å². The Morgan fingerprint density at radius 1 is 1.35 bits per heavy atom. The van der Waals surface area contributed by atoms with E-state index in [2.05, 4.69) is 27.5 Å². The number of hydrogen-bond donors (Lipinski definition) is 1. The highest BCUT2D eigenvalue weighted by atomic mass is 16.5. The number of carbonyl (C=O) groups excluding carboxylic acids is 1. The van der Waals surface area contributed by atoms with E-state index in [-0.39, 0.29) is 5.91 Å². The lowest BCUT2D eigenvalue weighted by molar-refractivity contribution is 0.0944. The number of nitrogens with zero attached hydrogens (tertiary/aromatic N) is 2. The van der Waals surface area contributed by atoms with Gasteiger partial charge < -0.3 is 14.7 Å². The van der Waals surface area contributed by atoms with Crippen LogP contribution in [-0.2, 0) is 0 Å². The summed E-state index contributed by atoms with van der Waals surface area (Å²) in [5.74, 6) is 0.447. The Hall–Kier alpha value is -2.30. The summed E-state index contributed by atoms with van der Waals surface area (Å²) in [5.41, 5.74) is 1.50. The van der Waals surface area contributed by atoms with Crippen molar-refractivity contribution in [2.75, 3.05) is 25.0 Å². The number of aryl methyl sites for hydroxylation is 1. The van der Waals surface area contributed by atoms with E-state index in [1.807, 2.05) is 25.2 Å². The molecule has 0 aliphatic rings. The molecule has 0 unspecified atom stereocenters. The lowest BCUT2D eigenvalue weighted by Gasteiger charge is -2.19. The Morgan fingerprint density at radius 2 is 2.10 bits per heavy atom. The van der Waals surface area contributed by atoms with Crippen molar-refractivity contribution in [2.24, 2.45) is 0 Å². The number of amides is 1. The Balaban J connectivity index is 1.70. The third kappa shape index (κ3) is 3.85. The number of aromatic nitrogens is 1. The topological polar surface area (TPSA) is 58.4 Å². The third-order valence-corrected chi connectivity index (χ3v) is 3.01. The maximum Gasteiger partial charge on any atom is 0.273 e. The van der Waals surface area contributed by atoms with Gasteiger partial charge in [0, 0.05) is 31.9 Å². The van der Waals surface area contributed by atoms with Gasteiger partial charge in [-0.2, -0.15) is 0 Å². The van der Waals surface area contributed by atoms with Gasteiger partial charge in [0.05, 0.1) is 0 Å². The molecule has 0 radical (unpaired) electrons. The van der Waals surface area contributed by atoms with Crippen molar-refractivity contribution in [2.45, 2.75) is 13.3 Å². The number of anilines is 1. The molecule has 1 amide bonds. The molecule has 0 fully saturated rings. The molecule has 0 spiro atoms. The second-order valence-corrected chi connectivity index (χ2v) is 4.69. The molecule has 20 heavy (non-hydrogen) atoms. The molecule has 1 heterocycles. The Labute approximate surface area is 118 Å². The summed E-state index contributed by atoms with van der Waals surface area (Å²) in [4.78, 5) is 13.9. The average Bonchev–Trinajstić information content (AvgIpc) is 2.91. The van der Waals surface area contributed by atoms with Crippen molar-refractivity contribution in [3.05, 3.63) is 47.9 Å². The minimum absolute atomic E-state index is 0.191. The normalized spacial score (nSPS) is 10.3. The summed E-state index contributed by atoms with van der Waals surface area (Å²) in [7, 11) is 2.04. The second-order valence-electron chi connectivity index (χ2n) is 4.69. The first-order valence-corrected chi connectivity index (χ1v) is 6.64. The van der Waals surface area contributed by atoms with Crippen molar-refractivity contribution in [1.82, 2.24) is 10.5 Å². The van der Waals surface area contributed by atoms with Gasteiger partial charge in [-0.3, -0.25) is 4.79 Å². The van der Waals surface area contributed by atoms with E-state index in [0.717, 1.165) is 13.0 Å². The van der Waals surface area contributed by atoms with Crippen molar-refractivity contribution in [3.63, 3.8) is 0 Å². The molecule has 106 valence electrons. The Bertz CT molecular complexity index is 551. The van der Waals surface area contributed by atoms with Gasteiger partial charge in [0.2, 0.25) is 0 Å². The molecule has 0 saturated heterocycles. The van der Waals surface area contributed by atoms with E-state index in [0.29, 0.717) is 18.0 Å². The predicted octanol–water partition coefficient (Wildman–Crippen LogP) is 2.24. The number of benzene rings is 1. The molecule has 0 atom stereocenters. The van der Waals surface area contributed by atoms with E-state index in [4.69, 9.17) is 4.52 Å². The summed E-state index contributed by atoms with van der Waals surface area (Å²) in [6, 6.07) is 11.8. The lowest BCUT2D eigenvalue weighted by atomic mass is 10.3. The maximum absolute atomic E-state index is 11.7. The minimum atomic E-state index is -0.191. The number of para-hydroxylation sites is 1. The zero-order chi connectivity index (χ0) is 14.4. The fraction of sp³-hybridized carbons (Fsp3) is 0.333. The first-order chi connectivity index (χ1) is 9.66. The van der Waals surface area contributed by atoms with Crippen molar-refractivity contribution in [1.29, 1.82) is 0 Å². The van der Waals surface area contributed by atoms with E-state index in [1.54, 1.807) is 13.0 Å². The molecule has 1 aromatic carbocycles. The highest BCUT2D eigenvalue weighted by Gasteiger charge is 2.09. The van der Waals surface area contributed by atoms with Gasteiger partial charge >= 0.3 is 0 Å². The number of hydrogen-bond acceptors (Lipinski definition) is 4. The van der Waals surface area contributed by atoms with Crippen LogP contribution in [0.2, 0.25) is 0 Å². The van der Waals surface area contributed by atoms with Crippen LogP contribution in [-0.4, -0.2) is 31.2 Å². The molecular weight excluding hydrogens is 254 g/mol. The SMILES string of the molecule is Cc1cc(C(=O)NCCCN(C)c2ccccc2)no1. The van der Waals surface area contributed by atoms with E-state index < -0.39 is 0 Å². The van der Waals surface area contributed by atoms with Crippen LogP contribution >= 0.6 is 0 Å². The quantitative estimate of drug-likeness (QED) is 0.820. The van der Waals surface area contributed by atoms with Gasteiger partial charge in [-0.1, -0.05) is 23.4 Å². The molecule has 0 saturated carbocycles. The predicted molar refractivity (Wildman–Crippen MR) is 77.9 cm³/mol. The minimum Gasteiger partial charge on any atom is -0.375 e. The van der Waals surface area contributed by atoms with Crippen LogP contribution < -0.4 is 10.2 Å². The summed E-state index contributed by atoms with van der Waals surface area (Å²) in [6.45, 7) is 3.25. The van der Waals surface area contributed by atoms with Gasteiger partial charge in [-0.05, 0) is 25.5 Å². The summed E-state index contributed by atoms with van der Waals surface area (Å²) < 4.78 is 4.87. The summed E-state index contributed by atoms with van der Waals surface area (Å²) >= 11 is 0. The molecule has 5 heteroatoms. The highest BCUT2D eigenvalue weighted by Crippen LogP contribution is 2.10. The zero-order valence-corrected chi connectivity index (χ0v) is 11.8. The van der Waals surface area contributed by atoms with Gasteiger partial charge in [-0.15, -0.1) is 0 Å². The van der Waals surface area contributed by atoms with Crippen LogP contribution in [0.1, 0.15) is 22.7 Å². The van der Waals surface area contributed by atoms with Gasteiger partial charge in [0.15, 0.2) is 5.69 Å². The Morgan fingerprint density at radius 3 is 2.75 bits per heavy atom. The molecule has 0 bridgehead atoms. The van der Waals surface area contributed by atoms with Crippen LogP contribution in [0.15, 0.2) is 40.9 Å². The monoisotopic (exact) mass is 273 g/mol. The Kier molecular flexibility index (Phi) is 4.76. The molecule has 2 aromatic rings. The zero-order valence-electron chi connectivity index (χ0n) is 11.8. The number of carbonyl (C=O) groups is 1. The van der Waals surface area contributed by atoms with Gasteiger partial charge in [0.25, 0.3) is 5.91 Å². The molecule has 0 aliphatic heterocycles. The fourth-order valence-electron chi connectivity index (χ4n) is 1.89. The second kappa shape index (κ2) is 6.75. The van der Waals surface area contributed by atoms with Gasteiger partial charge in [0.1, 0.15) is 5.76 Å². The van der Waals surface area contributed by atoms with Crippen LogP contribution in [0.4, 0.5) is 5.69 Å². The average molecular weight is 273 g/mol. The molecule has 2 rings (SSSR count). The highest BCUT2D eigenvalue weighted by molar-refractivity contribution is 5.92. The smallest absolute Gasteiger partial charge is 0.273 e. The number of nitrogens with one attached hydrogen (secondary N) is 1. The van der Waals surface area contributed by atoms with Crippen LogP contribution in [0, 0.1) is 6.92 Å². The number of rotatable bonds is 6. The summed E-state index contributed by atoms with van der Waals surface area (Å²) in [6.07, 6.45) is 0.869. The van der Waals surface area contributed by atoms with Crippen LogP contribution in [0.5, 0.6) is 0 Å². The summed E-state index contributed by atoms with van der Waals surface area (Å²) in [5, 5.41) is 6.51. The van der Waals surface area contributed by atoms with Crippen LogP contribution in [0.3, 0.4) is 0 Å². The maximum atomic E-state index is 11.7. The van der Waals surface area contributed by atoms with Crippen molar-refractivity contribution < 1.29 is 9.32 Å². The van der Waals surface area contributed by atoms with E-state index in [9.17, 15) is 4.79 Å². The van der Waals surface area contributed by atoms with Crippen molar-refractivity contribution >= 4 is 11.6 Å². The lowest BCUT2D eigenvalue weighted by Crippen LogP contribution is -2.28. The largest absolute Gasteiger partial charge is 0.375 e. The first kappa shape index (κ1) is 14.1. The molecule has 0 aliphatic carbocycles. The molecular formula is C15H19N3O2. The molecule has 5 nitrogen and oxygen atoms in total. The molecule has 1 aromatic heterocycles. The third-order valence-electron chi connectivity index (χ3n) is 3.01. The van der Waals surface area contributed by atoms with E-state index >= 15 is 0 Å². The van der Waals surface area contributed by atoms with Crippen LogP contribution in [0.25, 0.3) is 0 Å². The fourth-order valence-corrected chi connectivity index (χ4v) is 1.89. The van der Waals surface area contributed by atoms with Gasteiger partial charge in [-0.25, -0.2) is 0 Å². The molecule has 1 N–H and O–H groups in total. The first-order valence-electron chi connectivity index (χ1n) is 6.64. The standard InChI is InChI=1S/C15H19N3O2/c1-12-11-14(17-20-12)15(19)16-9-6-10-18(2)13-7-4-3-5-8-13/h3-5,7-8,11H,6,9-10H2,1-2H3,(H,16,19). The van der Waals surface area contributed by atoms with Crippen molar-refractivity contribution in [3.8, 4) is 0 Å².